The van der Waals surface area contributed by atoms with Crippen molar-refractivity contribution < 1.29 is 9.32 Å². The second kappa shape index (κ2) is 4.81. The lowest BCUT2D eigenvalue weighted by Gasteiger charge is -2.05. The van der Waals surface area contributed by atoms with E-state index in [1.165, 1.54) is 24.7 Å². The van der Waals surface area contributed by atoms with E-state index in [2.05, 4.69) is 25.4 Å². The zero-order valence-electron chi connectivity index (χ0n) is 8.48. The van der Waals surface area contributed by atoms with E-state index in [1.807, 2.05) is 0 Å². The van der Waals surface area contributed by atoms with E-state index in [0.29, 0.717) is 17.1 Å². The lowest BCUT2D eigenvalue weighted by molar-refractivity contribution is 0.102. The van der Waals surface area contributed by atoms with Crippen LogP contribution in [0, 0.1) is 0 Å². The molecule has 0 saturated carbocycles. The van der Waals surface area contributed by atoms with Crippen LogP contribution in [0.15, 0.2) is 29.2 Å². The monoisotopic (exact) mass is 253 g/mol. The fraction of sp³-hybridized carbons (Fsp3) is 0. The molecule has 2 heterocycles. The van der Waals surface area contributed by atoms with E-state index in [1.54, 1.807) is 0 Å². The van der Waals surface area contributed by atoms with E-state index >= 15 is 0 Å². The Morgan fingerprint density at radius 3 is 2.88 bits per heavy atom. The summed E-state index contributed by atoms with van der Waals surface area (Å²) in [4.78, 5) is 15.6. The van der Waals surface area contributed by atoms with Crippen LogP contribution in [0.5, 0.6) is 0 Å². The van der Waals surface area contributed by atoms with E-state index < -0.39 is 0 Å². The predicted octanol–water partition coefficient (Wildman–Crippen LogP) is 1.26. The van der Waals surface area contributed by atoms with Crippen LogP contribution in [0.25, 0.3) is 0 Å². The molecule has 0 atom stereocenters. The number of carbonyl (C=O) groups is 1. The SMILES string of the molecule is NNc1ncc(C(=O)Nc2cnoc2)cc1Cl. The highest BCUT2D eigenvalue weighted by molar-refractivity contribution is 6.33. The van der Waals surface area contributed by atoms with Crippen LogP contribution in [0.4, 0.5) is 11.5 Å². The normalized spacial score (nSPS) is 10.0. The van der Waals surface area contributed by atoms with Crippen LogP contribution < -0.4 is 16.6 Å². The maximum absolute atomic E-state index is 11.7. The summed E-state index contributed by atoms with van der Waals surface area (Å²) in [5.41, 5.74) is 3.06. The molecule has 17 heavy (non-hydrogen) atoms. The average molecular weight is 254 g/mol. The maximum atomic E-state index is 11.7. The molecule has 8 heteroatoms. The number of pyridine rings is 1. The summed E-state index contributed by atoms with van der Waals surface area (Å²) in [6, 6.07) is 1.45. The van der Waals surface area contributed by atoms with Crippen LogP contribution in [0.3, 0.4) is 0 Å². The molecular formula is C9H8ClN5O2. The number of halogens is 1. The van der Waals surface area contributed by atoms with Gasteiger partial charge in [0.25, 0.3) is 5.91 Å². The topological polar surface area (TPSA) is 106 Å². The summed E-state index contributed by atoms with van der Waals surface area (Å²) >= 11 is 5.84. The van der Waals surface area contributed by atoms with E-state index in [9.17, 15) is 4.79 Å². The first-order valence-electron chi connectivity index (χ1n) is 4.53. The molecule has 2 rings (SSSR count). The van der Waals surface area contributed by atoms with Gasteiger partial charge < -0.3 is 15.3 Å². The van der Waals surface area contributed by atoms with Crippen LogP contribution >= 0.6 is 11.6 Å². The molecule has 88 valence electrons. The second-order valence-corrected chi connectivity index (χ2v) is 3.47. The molecule has 0 spiro atoms. The van der Waals surface area contributed by atoms with Crippen molar-refractivity contribution in [2.45, 2.75) is 0 Å². The van der Waals surface area contributed by atoms with Gasteiger partial charge in [0.1, 0.15) is 12.0 Å². The number of hydrogen-bond donors (Lipinski definition) is 3. The molecule has 0 fully saturated rings. The number of rotatable bonds is 3. The van der Waals surface area contributed by atoms with Gasteiger partial charge in [-0.15, -0.1) is 0 Å². The molecule has 0 aliphatic heterocycles. The number of nitrogens with two attached hydrogens (primary N) is 1. The van der Waals surface area contributed by atoms with E-state index in [0.717, 1.165) is 0 Å². The number of nitrogen functional groups attached to an aromatic ring is 1. The molecule has 1 amide bonds. The Balaban J connectivity index is 2.17. The van der Waals surface area contributed by atoms with Gasteiger partial charge in [0.2, 0.25) is 0 Å². The van der Waals surface area contributed by atoms with Crippen molar-refractivity contribution >= 4 is 29.0 Å². The first-order valence-corrected chi connectivity index (χ1v) is 4.91. The van der Waals surface area contributed by atoms with Gasteiger partial charge in [-0.25, -0.2) is 10.8 Å². The van der Waals surface area contributed by atoms with Gasteiger partial charge in [-0.05, 0) is 6.07 Å². The van der Waals surface area contributed by atoms with Crippen LogP contribution in [-0.4, -0.2) is 16.0 Å². The number of hydrogen-bond acceptors (Lipinski definition) is 6. The Hall–Kier alpha value is -2.12. The van der Waals surface area contributed by atoms with Crippen molar-refractivity contribution in [1.29, 1.82) is 0 Å². The minimum atomic E-state index is -0.369. The number of amides is 1. The molecule has 0 aromatic carbocycles. The molecule has 0 aliphatic rings. The van der Waals surface area contributed by atoms with Crippen LogP contribution in [0.1, 0.15) is 10.4 Å². The highest BCUT2D eigenvalue weighted by Gasteiger charge is 2.10. The molecule has 0 unspecified atom stereocenters. The Labute approximate surface area is 101 Å². The Kier molecular flexibility index (Phi) is 3.22. The van der Waals surface area contributed by atoms with E-state index in [-0.39, 0.29) is 10.9 Å². The molecule has 7 nitrogen and oxygen atoms in total. The van der Waals surface area contributed by atoms with Crippen molar-refractivity contribution in [1.82, 2.24) is 10.1 Å². The summed E-state index contributed by atoms with van der Waals surface area (Å²) in [7, 11) is 0. The second-order valence-electron chi connectivity index (χ2n) is 3.07. The van der Waals surface area contributed by atoms with Crippen molar-refractivity contribution in [3.05, 3.63) is 35.3 Å². The number of nitrogens with one attached hydrogen (secondary N) is 2. The minimum absolute atomic E-state index is 0.255. The fourth-order valence-corrected chi connectivity index (χ4v) is 1.36. The van der Waals surface area contributed by atoms with E-state index in [4.69, 9.17) is 17.4 Å². The van der Waals surface area contributed by atoms with Crippen molar-refractivity contribution in [2.24, 2.45) is 5.84 Å². The first kappa shape index (κ1) is 11.4. The minimum Gasteiger partial charge on any atom is -0.363 e. The third kappa shape index (κ3) is 2.52. The lowest BCUT2D eigenvalue weighted by atomic mass is 10.2. The van der Waals surface area contributed by atoms with Gasteiger partial charge in [-0.1, -0.05) is 16.8 Å². The number of carbonyl (C=O) groups excluding carboxylic acids is 1. The Bertz CT molecular complexity index is 528. The first-order chi connectivity index (χ1) is 8.20. The van der Waals surface area contributed by atoms with Crippen molar-refractivity contribution in [3.8, 4) is 0 Å². The average Bonchev–Trinajstić information content (AvgIpc) is 2.81. The van der Waals surface area contributed by atoms with Crippen molar-refractivity contribution in [3.63, 3.8) is 0 Å². The lowest BCUT2D eigenvalue weighted by Crippen LogP contribution is -2.14. The zero-order valence-corrected chi connectivity index (χ0v) is 9.23. The van der Waals surface area contributed by atoms with Gasteiger partial charge in [0, 0.05) is 6.20 Å². The van der Waals surface area contributed by atoms with Crippen LogP contribution in [-0.2, 0) is 0 Å². The number of hydrazine groups is 1. The van der Waals surface area contributed by atoms with Gasteiger partial charge >= 0.3 is 0 Å². The number of aromatic nitrogens is 2. The zero-order chi connectivity index (χ0) is 12.3. The summed E-state index contributed by atoms with van der Waals surface area (Å²) in [5, 5.41) is 6.27. The largest absolute Gasteiger partial charge is 0.363 e. The highest BCUT2D eigenvalue weighted by Crippen LogP contribution is 2.19. The molecule has 0 bridgehead atoms. The fourth-order valence-electron chi connectivity index (χ4n) is 1.14. The van der Waals surface area contributed by atoms with Gasteiger partial charge in [0.05, 0.1) is 16.8 Å². The van der Waals surface area contributed by atoms with Crippen LogP contribution in [0.2, 0.25) is 5.02 Å². The quantitative estimate of drug-likeness (QED) is 0.562. The summed E-state index contributed by atoms with van der Waals surface area (Å²) in [5.74, 6) is 5.10. The Morgan fingerprint density at radius 1 is 1.47 bits per heavy atom. The third-order valence-corrected chi connectivity index (χ3v) is 2.22. The molecule has 4 N–H and O–H groups in total. The molecule has 2 aromatic heterocycles. The van der Waals surface area contributed by atoms with Crippen molar-refractivity contribution in [2.75, 3.05) is 10.7 Å². The molecular weight excluding hydrogens is 246 g/mol. The van der Waals surface area contributed by atoms with Gasteiger partial charge in [-0.3, -0.25) is 4.79 Å². The summed E-state index contributed by atoms with van der Waals surface area (Å²) in [6.45, 7) is 0. The molecule has 2 aromatic rings. The smallest absolute Gasteiger partial charge is 0.257 e. The molecule has 0 saturated heterocycles. The molecule has 0 aliphatic carbocycles. The van der Waals surface area contributed by atoms with Gasteiger partial charge in [0.15, 0.2) is 5.82 Å². The highest BCUT2D eigenvalue weighted by atomic mass is 35.5. The standard InChI is InChI=1S/C9H8ClN5O2/c10-7-1-5(2-12-8(7)15-11)9(16)14-6-3-13-17-4-6/h1-4H,11H2,(H,12,15)(H,14,16). The van der Waals surface area contributed by atoms with Gasteiger partial charge in [-0.2, -0.15) is 0 Å². The maximum Gasteiger partial charge on any atom is 0.257 e. The predicted molar refractivity (Wildman–Crippen MR) is 61.5 cm³/mol. The summed E-state index contributed by atoms with van der Waals surface area (Å²) in [6.07, 6.45) is 4.04. The Morgan fingerprint density at radius 2 is 2.29 bits per heavy atom. The third-order valence-electron chi connectivity index (χ3n) is 1.93. The number of anilines is 2. The molecule has 0 radical (unpaired) electrons. The number of nitrogens with zero attached hydrogens (tertiary/aromatic N) is 2. The summed E-state index contributed by atoms with van der Waals surface area (Å²) < 4.78 is 4.58.